The predicted molar refractivity (Wildman–Crippen MR) is 35.4 cm³/mol. The van der Waals surface area contributed by atoms with E-state index in [1.807, 2.05) is 0 Å². The molecule has 0 aliphatic heterocycles. The van der Waals surface area contributed by atoms with Crippen molar-refractivity contribution in [1.82, 2.24) is 0 Å². The van der Waals surface area contributed by atoms with Gasteiger partial charge in [-0.05, 0) is 19.3 Å². The minimum absolute atomic E-state index is 0.247. The van der Waals surface area contributed by atoms with Gasteiger partial charge in [-0.25, -0.2) is 0 Å². The first kappa shape index (κ1) is 7.69. The first-order valence-corrected chi connectivity index (χ1v) is 3.55. The Bertz CT molecular complexity index is 124. The largest absolute Gasteiger partial charge is 0.393 e. The lowest BCUT2D eigenvalue weighted by Crippen LogP contribution is -2.32. The highest BCUT2D eigenvalue weighted by molar-refractivity contribution is 5.54. The number of carbonyl (C=O) groups is 1. The van der Waals surface area contributed by atoms with Crippen LogP contribution in [0.2, 0.25) is 0 Å². The molecule has 10 heavy (non-hydrogen) atoms. The third kappa shape index (κ3) is 1.55. The topological polar surface area (TPSA) is 57.5 Å². The standard InChI is InChI=1S/C7H12O3/c8-4-5-1-2-6(9)3-7(5)10/h4-7,9-10H,1-3H2/t5-,6+,7+/m0/s1. The molecule has 1 aliphatic rings. The molecule has 0 radical (unpaired) electrons. The zero-order valence-corrected chi connectivity index (χ0v) is 5.73. The van der Waals surface area contributed by atoms with Crippen molar-refractivity contribution in [2.45, 2.75) is 31.5 Å². The highest BCUT2D eigenvalue weighted by Gasteiger charge is 2.27. The van der Waals surface area contributed by atoms with Crippen LogP contribution >= 0.6 is 0 Å². The number of hydrogen-bond acceptors (Lipinski definition) is 3. The van der Waals surface area contributed by atoms with Gasteiger partial charge in [0.05, 0.1) is 12.2 Å². The van der Waals surface area contributed by atoms with Crippen LogP contribution in [0, 0.1) is 5.92 Å². The van der Waals surface area contributed by atoms with Gasteiger partial charge in [-0.15, -0.1) is 0 Å². The first-order chi connectivity index (χ1) is 4.74. The maximum absolute atomic E-state index is 10.2. The molecule has 3 atom stereocenters. The van der Waals surface area contributed by atoms with Gasteiger partial charge < -0.3 is 15.0 Å². The number of aliphatic hydroxyl groups is 2. The summed E-state index contributed by atoms with van der Waals surface area (Å²) >= 11 is 0. The van der Waals surface area contributed by atoms with Gasteiger partial charge in [0.25, 0.3) is 0 Å². The second kappa shape index (κ2) is 3.12. The third-order valence-corrected chi connectivity index (χ3v) is 2.02. The average Bonchev–Trinajstić information content (AvgIpc) is 1.88. The molecular weight excluding hydrogens is 132 g/mol. The number of carbonyl (C=O) groups excluding carboxylic acids is 1. The molecule has 0 spiro atoms. The van der Waals surface area contributed by atoms with Crippen LogP contribution < -0.4 is 0 Å². The molecule has 2 N–H and O–H groups in total. The van der Waals surface area contributed by atoms with Crippen molar-refractivity contribution in [3.05, 3.63) is 0 Å². The van der Waals surface area contributed by atoms with Crippen LogP contribution in [-0.4, -0.2) is 28.7 Å². The fraction of sp³-hybridized carbons (Fsp3) is 0.857. The smallest absolute Gasteiger partial charge is 0.125 e. The molecule has 1 rings (SSSR count). The van der Waals surface area contributed by atoms with Gasteiger partial charge in [0.1, 0.15) is 6.29 Å². The summed E-state index contributed by atoms with van der Waals surface area (Å²) in [5.74, 6) is -0.247. The van der Waals surface area contributed by atoms with Gasteiger partial charge >= 0.3 is 0 Å². The summed E-state index contributed by atoms with van der Waals surface area (Å²) in [6, 6.07) is 0. The normalized spacial score (nSPS) is 41.2. The van der Waals surface area contributed by atoms with Gasteiger partial charge in [-0.1, -0.05) is 0 Å². The molecule has 0 heterocycles. The minimum atomic E-state index is -0.624. The van der Waals surface area contributed by atoms with Crippen LogP contribution in [0.25, 0.3) is 0 Å². The van der Waals surface area contributed by atoms with Crippen LogP contribution in [0.15, 0.2) is 0 Å². The molecule has 0 unspecified atom stereocenters. The summed E-state index contributed by atoms with van der Waals surface area (Å²) in [6.45, 7) is 0. The van der Waals surface area contributed by atoms with Crippen molar-refractivity contribution < 1.29 is 15.0 Å². The van der Waals surface area contributed by atoms with Crippen molar-refractivity contribution in [3.8, 4) is 0 Å². The summed E-state index contributed by atoms with van der Waals surface area (Å²) in [7, 11) is 0. The van der Waals surface area contributed by atoms with Crippen LogP contribution in [0.5, 0.6) is 0 Å². The van der Waals surface area contributed by atoms with Gasteiger partial charge in [0.15, 0.2) is 0 Å². The van der Waals surface area contributed by atoms with E-state index in [0.717, 1.165) is 6.29 Å². The van der Waals surface area contributed by atoms with E-state index in [1.54, 1.807) is 0 Å². The maximum atomic E-state index is 10.2. The second-order valence-electron chi connectivity index (χ2n) is 2.83. The van der Waals surface area contributed by atoms with Crippen molar-refractivity contribution in [3.63, 3.8) is 0 Å². The van der Waals surface area contributed by atoms with Gasteiger partial charge in [-0.3, -0.25) is 0 Å². The Morgan fingerprint density at radius 3 is 2.50 bits per heavy atom. The molecule has 1 aliphatic carbocycles. The first-order valence-electron chi connectivity index (χ1n) is 3.55. The van der Waals surface area contributed by atoms with E-state index in [2.05, 4.69) is 0 Å². The molecule has 1 fully saturated rings. The van der Waals surface area contributed by atoms with Crippen LogP contribution in [-0.2, 0) is 4.79 Å². The van der Waals surface area contributed by atoms with Crippen molar-refractivity contribution in [1.29, 1.82) is 0 Å². The molecular formula is C7H12O3. The Hall–Kier alpha value is -0.410. The van der Waals surface area contributed by atoms with Crippen molar-refractivity contribution in [2.24, 2.45) is 5.92 Å². The SMILES string of the molecule is O=C[C@@H]1CC[C@@H](O)C[C@H]1O. The minimum Gasteiger partial charge on any atom is -0.393 e. The highest BCUT2D eigenvalue weighted by Crippen LogP contribution is 2.22. The predicted octanol–water partition coefficient (Wildman–Crippen LogP) is -0.293. The average molecular weight is 144 g/mol. The summed E-state index contributed by atoms with van der Waals surface area (Å²) in [5.41, 5.74) is 0. The van der Waals surface area contributed by atoms with Gasteiger partial charge in [0, 0.05) is 5.92 Å². The lowest BCUT2D eigenvalue weighted by atomic mass is 9.86. The van der Waals surface area contributed by atoms with E-state index in [9.17, 15) is 4.79 Å². The highest BCUT2D eigenvalue weighted by atomic mass is 16.3. The molecule has 0 aromatic rings. The van der Waals surface area contributed by atoms with E-state index in [4.69, 9.17) is 10.2 Å². The fourth-order valence-corrected chi connectivity index (χ4v) is 1.31. The van der Waals surface area contributed by atoms with E-state index < -0.39 is 12.2 Å². The van der Waals surface area contributed by atoms with E-state index in [-0.39, 0.29) is 5.92 Å². The number of rotatable bonds is 1. The third-order valence-electron chi connectivity index (χ3n) is 2.02. The molecule has 58 valence electrons. The quantitative estimate of drug-likeness (QED) is 0.497. The Morgan fingerprint density at radius 1 is 1.30 bits per heavy atom. The Balaban J connectivity index is 2.43. The second-order valence-corrected chi connectivity index (χ2v) is 2.83. The number of aldehydes is 1. The van der Waals surface area contributed by atoms with E-state index >= 15 is 0 Å². The van der Waals surface area contributed by atoms with Crippen LogP contribution in [0.4, 0.5) is 0 Å². The zero-order chi connectivity index (χ0) is 7.56. The summed E-state index contributed by atoms with van der Waals surface area (Å²) in [6.07, 6.45) is 1.35. The molecule has 0 aromatic carbocycles. The summed E-state index contributed by atoms with van der Waals surface area (Å²) in [5, 5.41) is 18.2. The van der Waals surface area contributed by atoms with E-state index in [0.29, 0.717) is 19.3 Å². The van der Waals surface area contributed by atoms with Crippen LogP contribution in [0.1, 0.15) is 19.3 Å². The molecule has 1 saturated carbocycles. The molecule has 3 nitrogen and oxygen atoms in total. The number of hydrogen-bond donors (Lipinski definition) is 2. The van der Waals surface area contributed by atoms with Gasteiger partial charge in [-0.2, -0.15) is 0 Å². The monoisotopic (exact) mass is 144 g/mol. The maximum Gasteiger partial charge on any atom is 0.125 e. The summed E-state index contributed by atoms with van der Waals surface area (Å²) < 4.78 is 0. The molecule has 0 amide bonds. The molecule has 0 saturated heterocycles. The van der Waals surface area contributed by atoms with Crippen molar-refractivity contribution in [2.75, 3.05) is 0 Å². The zero-order valence-electron chi connectivity index (χ0n) is 5.73. The lowest BCUT2D eigenvalue weighted by Gasteiger charge is -2.26. The fourth-order valence-electron chi connectivity index (χ4n) is 1.31. The molecule has 0 aromatic heterocycles. The van der Waals surface area contributed by atoms with Gasteiger partial charge in [0.2, 0.25) is 0 Å². The molecule has 3 heteroatoms. The Morgan fingerprint density at radius 2 is 2.00 bits per heavy atom. The summed E-state index contributed by atoms with van der Waals surface area (Å²) in [4.78, 5) is 10.2. The number of aliphatic hydroxyl groups excluding tert-OH is 2. The molecule has 0 bridgehead atoms. The Labute approximate surface area is 59.7 Å². The lowest BCUT2D eigenvalue weighted by molar-refractivity contribution is -0.117. The van der Waals surface area contributed by atoms with Crippen molar-refractivity contribution >= 4 is 6.29 Å². The van der Waals surface area contributed by atoms with E-state index in [1.165, 1.54) is 0 Å². The Kier molecular flexibility index (Phi) is 2.40. The van der Waals surface area contributed by atoms with Crippen LogP contribution in [0.3, 0.4) is 0 Å².